The highest BCUT2D eigenvalue weighted by Crippen LogP contribution is 2.32. The summed E-state index contributed by atoms with van der Waals surface area (Å²) in [6, 6.07) is 13.3. The monoisotopic (exact) mass is 311 g/mol. The summed E-state index contributed by atoms with van der Waals surface area (Å²) in [6.45, 7) is 3.10. The summed E-state index contributed by atoms with van der Waals surface area (Å²) in [5.74, 6) is -2.58. The van der Waals surface area contributed by atoms with Crippen molar-refractivity contribution in [3.8, 4) is 0 Å². The van der Waals surface area contributed by atoms with Crippen LogP contribution in [0.5, 0.6) is 0 Å². The lowest BCUT2D eigenvalue weighted by Crippen LogP contribution is -2.33. The summed E-state index contributed by atoms with van der Waals surface area (Å²) in [7, 11) is 0. The average molecular weight is 311 g/mol. The number of ketones is 1. The lowest BCUT2D eigenvalue weighted by molar-refractivity contribution is -0.134. The van der Waals surface area contributed by atoms with Gasteiger partial charge in [-0.25, -0.2) is 4.79 Å². The Labute approximate surface area is 134 Å². The van der Waals surface area contributed by atoms with E-state index in [0.29, 0.717) is 12.1 Å². The van der Waals surface area contributed by atoms with Crippen molar-refractivity contribution >= 4 is 29.0 Å². The molecule has 0 aliphatic rings. The molecule has 0 aliphatic heterocycles. The van der Waals surface area contributed by atoms with E-state index in [1.54, 1.807) is 24.3 Å². The van der Waals surface area contributed by atoms with Gasteiger partial charge in [0.2, 0.25) is 5.78 Å². The van der Waals surface area contributed by atoms with Gasteiger partial charge in [0.05, 0.1) is 16.9 Å². The van der Waals surface area contributed by atoms with Crippen molar-refractivity contribution in [1.29, 1.82) is 0 Å². The minimum absolute atomic E-state index is 0.0343. The maximum absolute atomic E-state index is 12.5. The maximum Gasteiger partial charge on any atom is 0.337 e. The SMILES string of the molecule is CCc1ccccc1N(C(=O)C(C)=O)c1ccccc1C(=O)O. The number of para-hydroxylation sites is 2. The van der Waals surface area contributed by atoms with Gasteiger partial charge in [0.1, 0.15) is 0 Å². The number of anilines is 2. The van der Waals surface area contributed by atoms with Gasteiger partial charge >= 0.3 is 5.97 Å². The summed E-state index contributed by atoms with van der Waals surface area (Å²) in [5, 5.41) is 9.39. The molecule has 0 spiro atoms. The van der Waals surface area contributed by atoms with Crippen molar-refractivity contribution in [2.45, 2.75) is 20.3 Å². The third-order valence-electron chi connectivity index (χ3n) is 3.49. The minimum Gasteiger partial charge on any atom is -0.478 e. The smallest absolute Gasteiger partial charge is 0.337 e. The zero-order chi connectivity index (χ0) is 17.0. The molecule has 1 amide bonds. The van der Waals surface area contributed by atoms with Gasteiger partial charge in [-0.2, -0.15) is 0 Å². The van der Waals surface area contributed by atoms with Crippen molar-refractivity contribution < 1.29 is 19.5 Å². The van der Waals surface area contributed by atoms with Gasteiger partial charge in [-0.15, -0.1) is 0 Å². The van der Waals surface area contributed by atoms with Gasteiger partial charge in [0.15, 0.2) is 0 Å². The van der Waals surface area contributed by atoms with E-state index in [4.69, 9.17) is 0 Å². The fourth-order valence-corrected chi connectivity index (χ4v) is 2.38. The number of hydrogen-bond donors (Lipinski definition) is 1. The number of carbonyl (C=O) groups is 3. The molecule has 0 aromatic heterocycles. The molecule has 1 N–H and O–H groups in total. The van der Waals surface area contributed by atoms with Crippen LogP contribution in [0.15, 0.2) is 48.5 Å². The maximum atomic E-state index is 12.5. The molecule has 5 heteroatoms. The molecule has 0 radical (unpaired) electrons. The Morgan fingerprint density at radius 3 is 2.09 bits per heavy atom. The van der Waals surface area contributed by atoms with Gasteiger partial charge in [-0.05, 0) is 30.2 Å². The standard InChI is InChI=1S/C18H17NO4/c1-3-13-8-4-6-10-15(13)19(17(21)12(2)20)16-11-7-5-9-14(16)18(22)23/h4-11H,3H2,1-2H3,(H,22,23). The highest BCUT2D eigenvalue weighted by molar-refractivity contribution is 6.42. The lowest BCUT2D eigenvalue weighted by Gasteiger charge is -2.25. The molecule has 0 saturated heterocycles. The minimum atomic E-state index is -1.16. The molecule has 0 aliphatic carbocycles. The van der Waals surface area contributed by atoms with Crippen LogP contribution in [0, 0.1) is 0 Å². The predicted octanol–water partition coefficient (Wildman–Crippen LogP) is 3.20. The first-order valence-electron chi connectivity index (χ1n) is 7.22. The third kappa shape index (κ3) is 3.29. The summed E-state index contributed by atoms with van der Waals surface area (Å²) < 4.78 is 0. The largest absolute Gasteiger partial charge is 0.478 e. The molecule has 2 aromatic rings. The number of Topliss-reactive ketones (excluding diaryl/α,β-unsaturated/α-hetero) is 1. The molecule has 0 fully saturated rings. The zero-order valence-electron chi connectivity index (χ0n) is 12.9. The first-order valence-corrected chi connectivity index (χ1v) is 7.22. The van der Waals surface area contributed by atoms with E-state index in [-0.39, 0.29) is 11.3 Å². The number of amides is 1. The Morgan fingerprint density at radius 1 is 0.957 bits per heavy atom. The van der Waals surface area contributed by atoms with E-state index in [2.05, 4.69) is 0 Å². The molecular weight excluding hydrogens is 294 g/mol. The molecule has 2 aromatic carbocycles. The highest BCUT2D eigenvalue weighted by atomic mass is 16.4. The van der Waals surface area contributed by atoms with Crippen LogP contribution in [-0.2, 0) is 16.0 Å². The number of rotatable bonds is 5. The number of carboxylic acid groups (broad SMARTS) is 1. The van der Waals surface area contributed by atoms with Gasteiger partial charge < -0.3 is 5.11 Å². The summed E-state index contributed by atoms with van der Waals surface area (Å²) in [5.41, 5.74) is 1.51. The fourth-order valence-electron chi connectivity index (χ4n) is 2.38. The van der Waals surface area contributed by atoms with Crippen LogP contribution in [-0.4, -0.2) is 22.8 Å². The first-order chi connectivity index (χ1) is 11.0. The van der Waals surface area contributed by atoms with Crippen LogP contribution < -0.4 is 4.90 Å². The number of nitrogens with zero attached hydrogens (tertiary/aromatic N) is 1. The van der Waals surface area contributed by atoms with Gasteiger partial charge in [0, 0.05) is 6.92 Å². The molecule has 0 saturated carbocycles. The van der Waals surface area contributed by atoms with Crippen molar-refractivity contribution in [1.82, 2.24) is 0 Å². The number of benzene rings is 2. The zero-order valence-corrected chi connectivity index (χ0v) is 12.9. The van der Waals surface area contributed by atoms with Gasteiger partial charge in [-0.3, -0.25) is 14.5 Å². The Balaban J connectivity index is 2.73. The summed E-state index contributed by atoms with van der Waals surface area (Å²) >= 11 is 0. The molecule has 0 atom stereocenters. The Hall–Kier alpha value is -2.95. The van der Waals surface area contributed by atoms with Crippen molar-refractivity contribution in [2.75, 3.05) is 4.90 Å². The van der Waals surface area contributed by atoms with E-state index in [1.807, 2.05) is 19.1 Å². The normalized spacial score (nSPS) is 10.2. The fraction of sp³-hybridized carbons (Fsp3) is 0.167. The van der Waals surface area contributed by atoms with Crippen LogP contribution in [0.3, 0.4) is 0 Å². The number of aromatic carboxylic acids is 1. The number of aryl methyl sites for hydroxylation is 1. The lowest BCUT2D eigenvalue weighted by atomic mass is 10.1. The summed E-state index contributed by atoms with van der Waals surface area (Å²) in [4.78, 5) is 36.8. The number of carbonyl (C=O) groups excluding carboxylic acids is 2. The van der Waals surface area contributed by atoms with Crippen LogP contribution in [0.4, 0.5) is 11.4 Å². The van der Waals surface area contributed by atoms with Gasteiger partial charge in [0.25, 0.3) is 5.91 Å². The van der Waals surface area contributed by atoms with Crippen LogP contribution in [0.2, 0.25) is 0 Å². The van der Waals surface area contributed by atoms with E-state index in [9.17, 15) is 19.5 Å². The third-order valence-corrected chi connectivity index (χ3v) is 3.49. The highest BCUT2D eigenvalue weighted by Gasteiger charge is 2.27. The molecular formula is C18H17NO4. The van der Waals surface area contributed by atoms with Gasteiger partial charge in [-0.1, -0.05) is 37.3 Å². The van der Waals surface area contributed by atoms with Crippen LogP contribution in [0.25, 0.3) is 0 Å². The van der Waals surface area contributed by atoms with Crippen LogP contribution >= 0.6 is 0 Å². The van der Waals surface area contributed by atoms with Crippen LogP contribution in [0.1, 0.15) is 29.8 Å². The Kier molecular flexibility index (Phi) is 4.91. The van der Waals surface area contributed by atoms with Crippen molar-refractivity contribution in [2.24, 2.45) is 0 Å². The Morgan fingerprint density at radius 2 is 1.52 bits per heavy atom. The molecule has 5 nitrogen and oxygen atoms in total. The predicted molar refractivity (Wildman–Crippen MR) is 87.0 cm³/mol. The number of carboxylic acids is 1. The molecule has 2 rings (SSSR count). The molecule has 118 valence electrons. The second-order valence-electron chi connectivity index (χ2n) is 5.00. The van der Waals surface area contributed by atoms with Crippen molar-refractivity contribution in [3.63, 3.8) is 0 Å². The van der Waals surface area contributed by atoms with E-state index in [0.717, 1.165) is 5.56 Å². The second-order valence-corrected chi connectivity index (χ2v) is 5.00. The first kappa shape index (κ1) is 16.4. The molecule has 0 unspecified atom stereocenters. The average Bonchev–Trinajstić information content (AvgIpc) is 2.55. The Bertz CT molecular complexity index is 767. The summed E-state index contributed by atoms with van der Waals surface area (Å²) in [6.07, 6.45) is 0.646. The molecule has 0 bridgehead atoms. The topological polar surface area (TPSA) is 74.7 Å². The second kappa shape index (κ2) is 6.87. The number of hydrogen-bond acceptors (Lipinski definition) is 3. The van der Waals surface area contributed by atoms with E-state index in [1.165, 1.54) is 24.0 Å². The quantitative estimate of drug-likeness (QED) is 0.860. The molecule has 0 heterocycles. The molecule has 23 heavy (non-hydrogen) atoms. The van der Waals surface area contributed by atoms with E-state index < -0.39 is 17.7 Å². The van der Waals surface area contributed by atoms with Crippen molar-refractivity contribution in [3.05, 3.63) is 59.7 Å². The van der Waals surface area contributed by atoms with E-state index >= 15 is 0 Å².